The highest BCUT2D eigenvalue weighted by Gasteiger charge is 2.07. The van der Waals surface area contributed by atoms with Crippen LogP contribution in [0, 0.1) is 0 Å². The standard InChI is InChI=1S/C13H10O2/c14-9-12-11(7-4-8-13(12)15)10-5-2-1-3-6-10/h1-9,15H. The number of benzene rings is 2. The number of aromatic hydroxyl groups is 1. The summed E-state index contributed by atoms with van der Waals surface area (Å²) < 4.78 is 0. The van der Waals surface area contributed by atoms with E-state index in [9.17, 15) is 9.90 Å². The number of aldehydes is 1. The Morgan fingerprint density at radius 1 is 0.933 bits per heavy atom. The summed E-state index contributed by atoms with van der Waals surface area (Å²) in [5.74, 6) is 0.0198. The van der Waals surface area contributed by atoms with Gasteiger partial charge in [-0.15, -0.1) is 0 Å². The first-order valence-corrected chi connectivity index (χ1v) is 4.65. The second kappa shape index (κ2) is 3.96. The van der Waals surface area contributed by atoms with Crippen molar-refractivity contribution in [3.8, 4) is 16.9 Å². The van der Waals surface area contributed by atoms with Gasteiger partial charge in [-0.05, 0) is 17.2 Å². The molecule has 74 valence electrons. The zero-order chi connectivity index (χ0) is 10.7. The second-order valence-corrected chi connectivity index (χ2v) is 3.22. The minimum Gasteiger partial charge on any atom is -0.507 e. The molecule has 0 bridgehead atoms. The summed E-state index contributed by atoms with van der Waals surface area (Å²) >= 11 is 0. The SMILES string of the molecule is O=Cc1c(O)cccc1-c1ccccc1. The third-order valence-corrected chi connectivity index (χ3v) is 2.29. The maximum Gasteiger partial charge on any atom is 0.154 e. The van der Waals surface area contributed by atoms with E-state index in [2.05, 4.69) is 0 Å². The first kappa shape index (κ1) is 9.46. The molecule has 0 aromatic heterocycles. The highest BCUT2D eigenvalue weighted by Crippen LogP contribution is 2.28. The molecule has 0 spiro atoms. The number of phenolic OH excluding ortho intramolecular Hbond substituents is 1. The van der Waals surface area contributed by atoms with Crippen molar-refractivity contribution in [3.63, 3.8) is 0 Å². The minimum absolute atomic E-state index is 0.0198. The summed E-state index contributed by atoms with van der Waals surface area (Å²) in [5.41, 5.74) is 2.02. The van der Waals surface area contributed by atoms with Gasteiger partial charge in [-0.3, -0.25) is 4.79 Å². The van der Waals surface area contributed by atoms with Gasteiger partial charge in [0.25, 0.3) is 0 Å². The predicted molar refractivity (Wildman–Crippen MR) is 58.9 cm³/mol. The van der Waals surface area contributed by atoms with Crippen molar-refractivity contribution in [3.05, 3.63) is 54.1 Å². The molecule has 0 unspecified atom stereocenters. The first-order valence-electron chi connectivity index (χ1n) is 4.65. The third kappa shape index (κ3) is 1.74. The lowest BCUT2D eigenvalue weighted by atomic mass is 10.00. The van der Waals surface area contributed by atoms with Crippen LogP contribution in [0.25, 0.3) is 11.1 Å². The quantitative estimate of drug-likeness (QED) is 0.753. The molecule has 1 N–H and O–H groups in total. The number of hydrogen-bond donors (Lipinski definition) is 1. The van der Waals surface area contributed by atoms with E-state index in [4.69, 9.17) is 0 Å². The van der Waals surface area contributed by atoms with Crippen molar-refractivity contribution in [2.45, 2.75) is 0 Å². The Balaban J connectivity index is 2.63. The zero-order valence-electron chi connectivity index (χ0n) is 8.05. The third-order valence-electron chi connectivity index (χ3n) is 2.29. The second-order valence-electron chi connectivity index (χ2n) is 3.22. The summed E-state index contributed by atoms with van der Waals surface area (Å²) in [6.45, 7) is 0. The van der Waals surface area contributed by atoms with Crippen LogP contribution in [0.5, 0.6) is 5.75 Å². The van der Waals surface area contributed by atoms with Gasteiger partial charge < -0.3 is 5.11 Å². The Hall–Kier alpha value is -2.09. The lowest BCUT2D eigenvalue weighted by Crippen LogP contribution is -1.87. The Labute approximate surface area is 87.8 Å². The van der Waals surface area contributed by atoms with E-state index in [1.165, 1.54) is 6.07 Å². The highest BCUT2D eigenvalue weighted by molar-refractivity contribution is 5.90. The zero-order valence-corrected chi connectivity index (χ0v) is 8.05. The van der Waals surface area contributed by atoms with E-state index >= 15 is 0 Å². The molecular formula is C13H10O2. The number of carbonyl (C=O) groups excluding carboxylic acids is 1. The minimum atomic E-state index is 0.0198. The number of rotatable bonds is 2. The smallest absolute Gasteiger partial charge is 0.154 e. The number of phenols is 1. The highest BCUT2D eigenvalue weighted by atomic mass is 16.3. The molecule has 0 aliphatic rings. The molecular weight excluding hydrogens is 188 g/mol. The van der Waals surface area contributed by atoms with Crippen LogP contribution < -0.4 is 0 Å². The summed E-state index contributed by atoms with van der Waals surface area (Å²) in [6.07, 6.45) is 0.678. The monoisotopic (exact) mass is 198 g/mol. The largest absolute Gasteiger partial charge is 0.507 e. The molecule has 0 atom stereocenters. The van der Waals surface area contributed by atoms with Gasteiger partial charge in [0.2, 0.25) is 0 Å². The van der Waals surface area contributed by atoms with Gasteiger partial charge in [0.15, 0.2) is 6.29 Å². The molecule has 0 radical (unpaired) electrons. The summed E-state index contributed by atoms with van der Waals surface area (Å²) in [6, 6.07) is 14.6. The summed E-state index contributed by atoms with van der Waals surface area (Å²) in [7, 11) is 0. The molecule has 15 heavy (non-hydrogen) atoms. The van der Waals surface area contributed by atoms with Crippen LogP contribution >= 0.6 is 0 Å². The molecule has 0 aliphatic heterocycles. The number of carbonyl (C=O) groups is 1. The van der Waals surface area contributed by atoms with E-state index in [0.29, 0.717) is 11.8 Å². The molecule has 2 nitrogen and oxygen atoms in total. The van der Waals surface area contributed by atoms with Gasteiger partial charge >= 0.3 is 0 Å². The lowest BCUT2D eigenvalue weighted by molar-refractivity contribution is 0.112. The summed E-state index contributed by atoms with van der Waals surface area (Å²) in [5, 5.41) is 9.52. The van der Waals surface area contributed by atoms with Crippen molar-refractivity contribution in [2.24, 2.45) is 0 Å². The molecule has 0 amide bonds. The normalized spacial score (nSPS) is 9.87. The summed E-state index contributed by atoms with van der Waals surface area (Å²) in [4.78, 5) is 10.9. The molecule has 2 heteroatoms. The maximum absolute atomic E-state index is 10.9. The molecule has 2 aromatic carbocycles. The van der Waals surface area contributed by atoms with E-state index < -0.39 is 0 Å². The van der Waals surface area contributed by atoms with Gasteiger partial charge in [-0.1, -0.05) is 42.5 Å². The molecule has 0 saturated heterocycles. The van der Waals surface area contributed by atoms with Crippen LogP contribution in [0.4, 0.5) is 0 Å². The molecule has 2 rings (SSSR count). The van der Waals surface area contributed by atoms with Crippen LogP contribution in [-0.2, 0) is 0 Å². The van der Waals surface area contributed by atoms with Crippen LogP contribution in [0.2, 0.25) is 0 Å². The molecule has 2 aromatic rings. The van der Waals surface area contributed by atoms with Gasteiger partial charge in [-0.2, -0.15) is 0 Å². The first-order chi connectivity index (χ1) is 7.33. The fourth-order valence-corrected chi connectivity index (χ4v) is 1.55. The topological polar surface area (TPSA) is 37.3 Å². The van der Waals surface area contributed by atoms with Crippen LogP contribution in [0.3, 0.4) is 0 Å². The average molecular weight is 198 g/mol. The van der Waals surface area contributed by atoms with Crippen molar-refractivity contribution in [1.29, 1.82) is 0 Å². The van der Waals surface area contributed by atoms with Crippen LogP contribution in [-0.4, -0.2) is 11.4 Å². The molecule has 0 fully saturated rings. The van der Waals surface area contributed by atoms with Crippen LogP contribution in [0.15, 0.2) is 48.5 Å². The van der Waals surface area contributed by atoms with Crippen molar-refractivity contribution < 1.29 is 9.90 Å². The van der Waals surface area contributed by atoms with Crippen molar-refractivity contribution in [1.82, 2.24) is 0 Å². The predicted octanol–water partition coefficient (Wildman–Crippen LogP) is 2.87. The maximum atomic E-state index is 10.9. The Morgan fingerprint density at radius 2 is 1.67 bits per heavy atom. The van der Waals surface area contributed by atoms with E-state index in [0.717, 1.165) is 11.1 Å². The fourth-order valence-electron chi connectivity index (χ4n) is 1.55. The molecule has 0 aliphatic carbocycles. The van der Waals surface area contributed by atoms with E-state index in [-0.39, 0.29) is 5.75 Å². The van der Waals surface area contributed by atoms with Gasteiger partial charge in [-0.25, -0.2) is 0 Å². The Morgan fingerprint density at radius 3 is 2.33 bits per heavy atom. The van der Waals surface area contributed by atoms with E-state index in [1.54, 1.807) is 6.07 Å². The number of hydrogen-bond acceptors (Lipinski definition) is 2. The Kier molecular flexibility index (Phi) is 2.50. The van der Waals surface area contributed by atoms with Crippen molar-refractivity contribution in [2.75, 3.05) is 0 Å². The fraction of sp³-hybridized carbons (Fsp3) is 0. The van der Waals surface area contributed by atoms with Crippen molar-refractivity contribution >= 4 is 6.29 Å². The molecule has 0 saturated carbocycles. The van der Waals surface area contributed by atoms with E-state index in [1.807, 2.05) is 36.4 Å². The van der Waals surface area contributed by atoms with Gasteiger partial charge in [0, 0.05) is 0 Å². The average Bonchev–Trinajstić information content (AvgIpc) is 2.30. The Bertz CT molecular complexity index is 475. The van der Waals surface area contributed by atoms with Crippen LogP contribution in [0.1, 0.15) is 10.4 Å². The molecule has 0 heterocycles. The van der Waals surface area contributed by atoms with Gasteiger partial charge in [0.05, 0.1) is 5.56 Å². The van der Waals surface area contributed by atoms with Gasteiger partial charge in [0.1, 0.15) is 5.75 Å². The lowest BCUT2D eigenvalue weighted by Gasteiger charge is -2.05.